The van der Waals surface area contributed by atoms with Gasteiger partial charge in [0.05, 0.1) is 6.10 Å². The first-order valence-electron chi connectivity index (χ1n) is 2.69. The third-order valence-electron chi connectivity index (χ3n) is 0.868. The highest BCUT2D eigenvalue weighted by Gasteiger charge is 2.02. The Morgan fingerprint density at radius 1 is 1.89 bits per heavy atom. The minimum atomic E-state index is -0.447. The van der Waals surface area contributed by atoms with Crippen molar-refractivity contribution in [2.24, 2.45) is 0 Å². The maximum atomic E-state index is 10.3. The molecule has 0 saturated carbocycles. The van der Waals surface area contributed by atoms with E-state index in [0.717, 1.165) is 0 Å². The summed E-state index contributed by atoms with van der Waals surface area (Å²) in [7, 11) is 0. The minimum Gasteiger partial charge on any atom is -0.395 e. The van der Waals surface area contributed by atoms with E-state index in [-0.39, 0.29) is 6.42 Å². The molecule has 0 aliphatic rings. The molecule has 0 saturated heterocycles. The molecule has 0 aliphatic carbocycles. The molecule has 9 heavy (non-hydrogen) atoms. The number of aliphatic hydroxyl groups excluding tert-OH is 1. The monoisotopic (exact) mass is 150 g/mol. The molecule has 3 nitrogen and oxygen atoms in total. The summed E-state index contributed by atoms with van der Waals surface area (Å²) in [5.41, 5.74) is 0. The zero-order chi connectivity index (χ0) is 7.28. The van der Waals surface area contributed by atoms with E-state index in [1.54, 1.807) is 6.92 Å². The van der Waals surface area contributed by atoms with E-state index in [1.807, 2.05) is 0 Å². The maximum Gasteiger partial charge on any atom is 0.317 e. The SMILES string of the molecule is CC(O)CCC(=O)OS. The zero-order valence-corrected chi connectivity index (χ0v) is 6.10. The first-order chi connectivity index (χ1) is 4.16. The van der Waals surface area contributed by atoms with E-state index in [2.05, 4.69) is 17.1 Å². The lowest BCUT2D eigenvalue weighted by molar-refractivity contribution is -0.133. The molecule has 1 unspecified atom stereocenters. The Hall–Kier alpha value is -0.220. The number of aliphatic hydroxyl groups is 1. The van der Waals surface area contributed by atoms with Gasteiger partial charge >= 0.3 is 5.97 Å². The number of carbonyl (C=O) groups excluding carboxylic acids is 1. The molecule has 0 aliphatic heterocycles. The lowest BCUT2D eigenvalue weighted by Gasteiger charge is -1.99. The quantitative estimate of drug-likeness (QED) is 0.456. The molecule has 0 rings (SSSR count). The van der Waals surface area contributed by atoms with Crippen molar-refractivity contribution in [1.82, 2.24) is 0 Å². The first kappa shape index (κ1) is 8.78. The number of thiol groups is 1. The van der Waals surface area contributed by atoms with Crippen molar-refractivity contribution >= 4 is 18.9 Å². The second-order valence-corrected chi connectivity index (χ2v) is 2.03. The van der Waals surface area contributed by atoms with Crippen LogP contribution in [0.3, 0.4) is 0 Å². The minimum absolute atomic E-state index is 0.223. The fraction of sp³-hybridized carbons (Fsp3) is 0.800. The van der Waals surface area contributed by atoms with Crippen molar-refractivity contribution in [2.75, 3.05) is 0 Å². The summed E-state index contributed by atoms with van der Waals surface area (Å²) in [6.45, 7) is 1.62. The van der Waals surface area contributed by atoms with Crippen LogP contribution in [0.1, 0.15) is 19.8 Å². The Morgan fingerprint density at radius 2 is 2.44 bits per heavy atom. The molecule has 0 bridgehead atoms. The van der Waals surface area contributed by atoms with Crippen LogP contribution in [0.15, 0.2) is 0 Å². The van der Waals surface area contributed by atoms with Gasteiger partial charge in [-0.2, -0.15) is 0 Å². The van der Waals surface area contributed by atoms with Crippen molar-refractivity contribution in [3.05, 3.63) is 0 Å². The van der Waals surface area contributed by atoms with E-state index in [1.165, 1.54) is 0 Å². The summed E-state index contributed by atoms with van der Waals surface area (Å²) in [6.07, 6.45) is 0.207. The van der Waals surface area contributed by atoms with Crippen molar-refractivity contribution < 1.29 is 14.1 Å². The molecule has 0 aromatic carbocycles. The van der Waals surface area contributed by atoms with E-state index < -0.39 is 12.1 Å². The molecule has 0 heterocycles. The van der Waals surface area contributed by atoms with Crippen LogP contribution in [0.2, 0.25) is 0 Å². The van der Waals surface area contributed by atoms with E-state index in [4.69, 9.17) is 5.11 Å². The number of carbonyl (C=O) groups is 1. The Morgan fingerprint density at radius 3 is 2.78 bits per heavy atom. The highest BCUT2D eigenvalue weighted by Crippen LogP contribution is 1.98. The fourth-order valence-corrected chi connectivity index (χ4v) is 0.464. The van der Waals surface area contributed by atoms with Crippen LogP contribution in [0.4, 0.5) is 0 Å². The largest absolute Gasteiger partial charge is 0.395 e. The Kier molecular flexibility index (Phi) is 4.53. The Labute approximate surface area is 59.6 Å². The van der Waals surface area contributed by atoms with Gasteiger partial charge in [0.2, 0.25) is 0 Å². The molecule has 1 N–H and O–H groups in total. The standard InChI is InChI=1S/C5H10O3S/c1-4(6)2-3-5(7)8-9/h4,6,9H,2-3H2,1H3. The first-order valence-corrected chi connectivity index (χ1v) is 3.05. The molecule has 0 spiro atoms. The lowest BCUT2D eigenvalue weighted by atomic mass is 10.2. The third kappa shape index (κ3) is 5.65. The predicted molar refractivity (Wildman–Crippen MR) is 36.0 cm³/mol. The second kappa shape index (κ2) is 4.64. The van der Waals surface area contributed by atoms with Gasteiger partial charge in [0.25, 0.3) is 0 Å². The highest BCUT2D eigenvalue weighted by molar-refractivity contribution is 7.75. The van der Waals surface area contributed by atoms with Crippen molar-refractivity contribution in [3.8, 4) is 0 Å². The molecule has 0 fully saturated rings. The molecule has 0 radical (unpaired) electrons. The van der Waals surface area contributed by atoms with Gasteiger partial charge in [-0.15, -0.1) is 0 Å². The molecule has 4 heteroatoms. The Balaban J connectivity index is 3.17. The molecule has 0 aromatic rings. The van der Waals surface area contributed by atoms with Crippen LogP contribution in [-0.2, 0) is 8.98 Å². The third-order valence-corrected chi connectivity index (χ3v) is 1.07. The highest BCUT2D eigenvalue weighted by atomic mass is 32.1. The van der Waals surface area contributed by atoms with Crippen molar-refractivity contribution in [2.45, 2.75) is 25.9 Å². The summed E-state index contributed by atoms with van der Waals surface area (Å²) in [6, 6.07) is 0. The number of hydrogen-bond donors (Lipinski definition) is 2. The van der Waals surface area contributed by atoms with Gasteiger partial charge in [0.1, 0.15) is 0 Å². The zero-order valence-electron chi connectivity index (χ0n) is 5.20. The number of hydrogen-bond acceptors (Lipinski definition) is 4. The van der Waals surface area contributed by atoms with Crippen molar-refractivity contribution in [3.63, 3.8) is 0 Å². The molecular formula is C5H10O3S. The summed E-state index contributed by atoms with van der Waals surface area (Å²) in [5.74, 6) is -0.403. The van der Waals surface area contributed by atoms with Gasteiger partial charge in [-0.1, -0.05) is 0 Å². The summed E-state index contributed by atoms with van der Waals surface area (Å²) in [5, 5.41) is 8.66. The fourth-order valence-electron chi connectivity index (χ4n) is 0.372. The molecular weight excluding hydrogens is 140 g/mol. The van der Waals surface area contributed by atoms with Crippen molar-refractivity contribution in [1.29, 1.82) is 0 Å². The van der Waals surface area contributed by atoms with Gasteiger partial charge in [-0.25, -0.2) is 0 Å². The van der Waals surface area contributed by atoms with Gasteiger partial charge < -0.3 is 9.29 Å². The predicted octanol–water partition coefficient (Wildman–Crippen LogP) is 0.535. The van der Waals surface area contributed by atoms with Crippen LogP contribution in [0.5, 0.6) is 0 Å². The second-order valence-electron chi connectivity index (χ2n) is 1.85. The average Bonchev–Trinajstić information content (AvgIpc) is 1.83. The normalized spacial score (nSPS) is 12.8. The molecule has 54 valence electrons. The van der Waals surface area contributed by atoms with Crippen LogP contribution in [0, 0.1) is 0 Å². The Bertz CT molecular complexity index is 92.2. The molecule has 0 amide bonds. The number of rotatable bonds is 3. The smallest absolute Gasteiger partial charge is 0.317 e. The van der Waals surface area contributed by atoms with Crippen LogP contribution < -0.4 is 0 Å². The van der Waals surface area contributed by atoms with Crippen LogP contribution in [0.25, 0.3) is 0 Å². The lowest BCUT2D eigenvalue weighted by Crippen LogP contribution is -2.04. The van der Waals surface area contributed by atoms with Gasteiger partial charge in [-0.3, -0.25) is 4.79 Å². The van der Waals surface area contributed by atoms with Gasteiger partial charge in [0.15, 0.2) is 0 Å². The molecule has 0 aromatic heterocycles. The van der Waals surface area contributed by atoms with Crippen LogP contribution >= 0.6 is 12.9 Å². The van der Waals surface area contributed by atoms with Crippen LogP contribution in [-0.4, -0.2) is 17.2 Å². The summed E-state index contributed by atoms with van der Waals surface area (Å²) < 4.78 is 4.04. The summed E-state index contributed by atoms with van der Waals surface area (Å²) >= 11 is 3.29. The van der Waals surface area contributed by atoms with E-state index in [9.17, 15) is 4.79 Å². The van der Waals surface area contributed by atoms with E-state index >= 15 is 0 Å². The maximum absolute atomic E-state index is 10.3. The average molecular weight is 150 g/mol. The van der Waals surface area contributed by atoms with Gasteiger partial charge in [-0.05, 0) is 13.3 Å². The van der Waals surface area contributed by atoms with E-state index in [0.29, 0.717) is 6.42 Å². The summed E-state index contributed by atoms with van der Waals surface area (Å²) in [4.78, 5) is 10.3. The van der Waals surface area contributed by atoms with Gasteiger partial charge in [0, 0.05) is 19.3 Å². The topological polar surface area (TPSA) is 46.5 Å². The molecule has 1 atom stereocenters.